The molecule has 1 fully saturated rings. The topological polar surface area (TPSA) is 62.5 Å². The van der Waals surface area contributed by atoms with Crippen LogP contribution in [0.1, 0.15) is 17.6 Å². The summed E-state index contributed by atoms with van der Waals surface area (Å²) in [6, 6.07) is 2.02. The number of hydrogen-bond acceptors (Lipinski definition) is 6. The van der Waals surface area contributed by atoms with Crippen LogP contribution in [0.15, 0.2) is 10.9 Å². The second-order valence-electron chi connectivity index (χ2n) is 5.02. The zero-order chi connectivity index (χ0) is 13.4. The molecule has 7 heteroatoms. The number of fused-ring (bicyclic) bond motifs is 1. The van der Waals surface area contributed by atoms with Crippen LogP contribution < -0.4 is 10.9 Å². The fourth-order valence-electron chi connectivity index (χ4n) is 2.37. The normalized spacial score (nSPS) is 21.1. The summed E-state index contributed by atoms with van der Waals surface area (Å²) in [5.74, 6) is 0. The predicted molar refractivity (Wildman–Crippen MR) is 74.6 cm³/mol. The molecule has 1 atom stereocenters. The molecule has 3 rings (SSSR count). The van der Waals surface area contributed by atoms with Crippen molar-refractivity contribution in [2.45, 2.75) is 26.4 Å². The van der Waals surface area contributed by atoms with Crippen LogP contribution in [0.4, 0.5) is 0 Å². The summed E-state index contributed by atoms with van der Waals surface area (Å²) in [5, 5.41) is 8.73. The van der Waals surface area contributed by atoms with Crippen molar-refractivity contribution in [3.63, 3.8) is 0 Å². The van der Waals surface area contributed by atoms with Crippen molar-refractivity contribution in [2.75, 3.05) is 19.6 Å². The van der Waals surface area contributed by atoms with E-state index in [-0.39, 0.29) is 5.56 Å². The maximum absolute atomic E-state index is 11.8. The van der Waals surface area contributed by atoms with Gasteiger partial charge in [0.2, 0.25) is 4.96 Å². The molecule has 1 aliphatic heterocycles. The zero-order valence-corrected chi connectivity index (χ0v) is 11.9. The van der Waals surface area contributed by atoms with E-state index >= 15 is 0 Å². The van der Waals surface area contributed by atoms with Crippen LogP contribution in [0.5, 0.6) is 0 Å². The molecule has 1 N–H and O–H groups in total. The monoisotopic (exact) mass is 279 g/mol. The summed E-state index contributed by atoms with van der Waals surface area (Å²) >= 11 is 1.50. The van der Waals surface area contributed by atoms with E-state index in [9.17, 15) is 4.79 Å². The molecule has 0 radical (unpaired) electrons. The lowest BCUT2D eigenvalue weighted by Crippen LogP contribution is -2.48. The predicted octanol–water partition coefficient (Wildman–Crippen LogP) is 0.253. The maximum Gasteiger partial charge on any atom is 0.275 e. The zero-order valence-electron chi connectivity index (χ0n) is 11.1. The number of nitrogens with zero attached hydrogens (tertiary/aromatic N) is 4. The van der Waals surface area contributed by atoms with E-state index in [2.05, 4.69) is 27.2 Å². The van der Waals surface area contributed by atoms with Crippen molar-refractivity contribution in [1.29, 1.82) is 0 Å². The van der Waals surface area contributed by atoms with E-state index in [4.69, 9.17) is 0 Å². The molecule has 102 valence electrons. The number of hydrogen-bond donors (Lipinski definition) is 1. The van der Waals surface area contributed by atoms with Crippen LogP contribution in [0.3, 0.4) is 0 Å². The van der Waals surface area contributed by atoms with E-state index in [1.165, 1.54) is 21.9 Å². The molecule has 2 aromatic rings. The Kier molecular flexibility index (Phi) is 3.34. The average Bonchev–Trinajstić information content (AvgIpc) is 2.71. The first kappa shape index (κ1) is 12.7. The van der Waals surface area contributed by atoms with Gasteiger partial charge in [-0.15, -0.1) is 0 Å². The second-order valence-corrected chi connectivity index (χ2v) is 6.06. The molecule has 0 amide bonds. The highest BCUT2D eigenvalue weighted by Crippen LogP contribution is 2.14. The lowest BCUT2D eigenvalue weighted by molar-refractivity contribution is 0.199. The van der Waals surface area contributed by atoms with Crippen molar-refractivity contribution in [2.24, 2.45) is 0 Å². The molecule has 0 bridgehead atoms. The van der Waals surface area contributed by atoms with Gasteiger partial charge in [-0.3, -0.25) is 9.69 Å². The minimum absolute atomic E-state index is 0.0984. The van der Waals surface area contributed by atoms with Gasteiger partial charge in [0.05, 0.1) is 6.54 Å². The number of nitrogens with one attached hydrogen (secondary N) is 1. The van der Waals surface area contributed by atoms with Crippen LogP contribution in [-0.4, -0.2) is 45.2 Å². The van der Waals surface area contributed by atoms with Crippen molar-refractivity contribution in [3.8, 4) is 0 Å². The highest BCUT2D eigenvalue weighted by atomic mass is 32.1. The minimum atomic E-state index is -0.0984. The fourth-order valence-corrected chi connectivity index (χ4v) is 3.36. The third-order valence-electron chi connectivity index (χ3n) is 3.23. The highest BCUT2D eigenvalue weighted by molar-refractivity contribution is 7.16. The summed E-state index contributed by atoms with van der Waals surface area (Å²) in [6.45, 7) is 7.83. The molecular weight excluding hydrogens is 262 g/mol. The quantitative estimate of drug-likeness (QED) is 0.854. The Morgan fingerprint density at radius 2 is 2.42 bits per heavy atom. The Hall–Kier alpha value is -1.31. The second kappa shape index (κ2) is 4.99. The molecule has 2 aromatic heterocycles. The Labute approximate surface area is 115 Å². The third-order valence-corrected chi connectivity index (χ3v) is 4.12. The summed E-state index contributed by atoms with van der Waals surface area (Å²) in [6.07, 6.45) is 0. The Bertz CT molecular complexity index is 649. The van der Waals surface area contributed by atoms with Crippen LogP contribution in [0, 0.1) is 6.92 Å². The summed E-state index contributed by atoms with van der Waals surface area (Å²) < 4.78 is 1.40. The van der Waals surface area contributed by atoms with Crippen molar-refractivity contribution in [1.82, 2.24) is 24.8 Å². The third kappa shape index (κ3) is 2.68. The highest BCUT2D eigenvalue weighted by Gasteiger charge is 2.17. The van der Waals surface area contributed by atoms with Gasteiger partial charge in [-0.2, -0.15) is 9.61 Å². The smallest absolute Gasteiger partial charge is 0.275 e. The first-order chi connectivity index (χ1) is 9.11. The molecule has 3 heterocycles. The van der Waals surface area contributed by atoms with Gasteiger partial charge in [0.25, 0.3) is 5.56 Å². The van der Waals surface area contributed by atoms with E-state index in [1.807, 2.05) is 6.92 Å². The van der Waals surface area contributed by atoms with Crippen LogP contribution in [0.25, 0.3) is 4.96 Å². The Morgan fingerprint density at radius 1 is 1.58 bits per heavy atom. The average molecular weight is 279 g/mol. The van der Waals surface area contributed by atoms with E-state index in [1.54, 1.807) is 0 Å². The van der Waals surface area contributed by atoms with Crippen LogP contribution in [0.2, 0.25) is 0 Å². The van der Waals surface area contributed by atoms with Crippen LogP contribution >= 0.6 is 11.3 Å². The van der Waals surface area contributed by atoms with Gasteiger partial charge in [0, 0.05) is 37.4 Å². The molecule has 19 heavy (non-hydrogen) atoms. The first-order valence-electron chi connectivity index (χ1n) is 6.44. The van der Waals surface area contributed by atoms with E-state index < -0.39 is 0 Å². The van der Waals surface area contributed by atoms with Crippen LogP contribution in [-0.2, 0) is 6.54 Å². The Balaban J connectivity index is 1.85. The SMILES string of the molecule is Cc1cc(=O)n2nc(CN3CCN[C@H](C)C3)sc2n1. The lowest BCUT2D eigenvalue weighted by atomic mass is 10.2. The first-order valence-corrected chi connectivity index (χ1v) is 7.25. The van der Waals surface area contributed by atoms with Gasteiger partial charge in [-0.05, 0) is 13.8 Å². The molecule has 6 nitrogen and oxygen atoms in total. The largest absolute Gasteiger partial charge is 0.312 e. The van der Waals surface area contributed by atoms with Gasteiger partial charge >= 0.3 is 0 Å². The molecule has 0 aromatic carbocycles. The fraction of sp³-hybridized carbons (Fsp3) is 0.583. The molecule has 0 saturated carbocycles. The standard InChI is InChI=1S/C12H17N5OS/c1-8-5-11(18)17-12(14-8)19-10(15-17)7-16-4-3-13-9(2)6-16/h5,9,13H,3-4,6-7H2,1-2H3/t9-/m1/s1. The molecule has 1 saturated heterocycles. The lowest BCUT2D eigenvalue weighted by Gasteiger charge is -2.30. The molecular formula is C12H17N5OS. The summed E-state index contributed by atoms with van der Waals surface area (Å²) in [7, 11) is 0. The maximum atomic E-state index is 11.8. The Morgan fingerprint density at radius 3 is 3.21 bits per heavy atom. The summed E-state index contributed by atoms with van der Waals surface area (Å²) in [4.78, 5) is 19.2. The van der Waals surface area contributed by atoms with Gasteiger partial charge in [0.15, 0.2) is 0 Å². The van der Waals surface area contributed by atoms with Crippen molar-refractivity contribution < 1.29 is 0 Å². The molecule has 0 aliphatic carbocycles. The minimum Gasteiger partial charge on any atom is -0.312 e. The van der Waals surface area contributed by atoms with Gasteiger partial charge in [0.1, 0.15) is 5.01 Å². The van der Waals surface area contributed by atoms with E-state index in [0.717, 1.165) is 36.9 Å². The molecule has 0 unspecified atom stereocenters. The van der Waals surface area contributed by atoms with Crippen molar-refractivity contribution >= 4 is 16.3 Å². The van der Waals surface area contributed by atoms with Gasteiger partial charge < -0.3 is 5.32 Å². The number of aryl methyl sites for hydroxylation is 1. The molecule has 1 aliphatic rings. The summed E-state index contributed by atoms with van der Waals surface area (Å²) in [5.41, 5.74) is 0.648. The molecule has 0 spiro atoms. The van der Waals surface area contributed by atoms with Crippen molar-refractivity contribution in [3.05, 3.63) is 27.1 Å². The number of aromatic nitrogens is 3. The van der Waals surface area contributed by atoms with E-state index in [0.29, 0.717) is 11.0 Å². The van der Waals surface area contributed by atoms with Gasteiger partial charge in [-0.1, -0.05) is 11.3 Å². The van der Waals surface area contributed by atoms with Gasteiger partial charge in [-0.25, -0.2) is 4.98 Å². The number of rotatable bonds is 2. The number of piperazine rings is 1.